The third-order valence-electron chi connectivity index (χ3n) is 2.67. The molecule has 0 aliphatic rings. The Labute approximate surface area is 135 Å². The van der Waals surface area contributed by atoms with Gasteiger partial charge in [-0.25, -0.2) is 4.39 Å². The van der Waals surface area contributed by atoms with Crippen LogP contribution in [0.1, 0.15) is 21.5 Å². The minimum Gasteiger partial charge on any atom is -0.288 e. The molecule has 0 radical (unpaired) electrons. The van der Waals surface area contributed by atoms with E-state index in [0.29, 0.717) is 14.5 Å². The zero-order valence-electron chi connectivity index (χ0n) is 9.81. The molecule has 2 aromatic carbocycles. The van der Waals surface area contributed by atoms with Crippen LogP contribution in [-0.4, -0.2) is 5.78 Å². The Bertz CT molecular complexity index is 668. The van der Waals surface area contributed by atoms with Crippen LogP contribution in [0.2, 0.25) is 0 Å². The molecular formula is C14H8Br3FO. The van der Waals surface area contributed by atoms with Gasteiger partial charge < -0.3 is 0 Å². The number of ketones is 1. The lowest BCUT2D eigenvalue weighted by atomic mass is 10.0. The predicted molar refractivity (Wildman–Crippen MR) is 84.1 cm³/mol. The van der Waals surface area contributed by atoms with E-state index in [1.807, 2.05) is 13.0 Å². The molecule has 2 rings (SSSR count). The van der Waals surface area contributed by atoms with Crippen molar-refractivity contribution in [2.75, 3.05) is 0 Å². The summed E-state index contributed by atoms with van der Waals surface area (Å²) in [6.07, 6.45) is 0. The van der Waals surface area contributed by atoms with Gasteiger partial charge in [0, 0.05) is 19.0 Å². The fourth-order valence-corrected chi connectivity index (χ4v) is 2.98. The van der Waals surface area contributed by atoms with E-state index < -0.39 is 5.82 Å². The number of carbonyl (C=O) groups excluding carboxylic acids is 1. The number of carbonyl (C=O) groups is 1. The molecule has 0 unspecified atom stereocenters. The van der Waals surface area contributed by atoms with Crippen LogP contribution in [0, 0.1) is 12.7 Å². The molecular weight excluding hydrogens is 443 g/mol. The van der Waals surface area contributed by atoms with Gasteiger partial charge in [-0.15, -0.1) is 0 Å². The summed E-state index contributed by atoms with van der Waals surface area (Å²) in [5.74, 6) is -0.886. The molecule has 0 fully saturated rings. The number of benzene rings is 2. The lowest BCUT2D eigenvalue weighted by molar-refractivity contribution is 0.103. The van der Waals surface area contributed by atoms with Crippen molar-refractivity contribution in [2.45, 2.75) is 6.92 Å². The molecule has 0 heterocycles. The SMILES string of the molecule is Cc1cc(Br)c(C(=O)c2cc(Br)ccc2F)cc1Br. The standard InChI is InChI=1S/C14H8Br3FO/c1-7-4-12(17)9(6-11(7)16)14(19)10-5-8(15)2-3-13(10)18/h2-6H,1H3. The van der Waals surface area contributed by atoms with E-state index in [-0.39, 0.29) is 11.3 Å². The van der Waals surface area contributed by atoms with Crippen LogP contribution in [0.5, 0.6) is 0 Å². The smallest absolute Gasteiger partial charge is 0.197 e. The minimum atomic E-state index is -0.531. The number of hydrogen-bond donors (Lipinski definition) is 0. The summed E-state index contributed by atoms with van der Waals surface area (Å²) in [5, 5.41) is 0. The van der Waals surface area contributed by atoms with Crippen molar-refractivity contribution in [3.8, 4) is 0 Å². The molecule has 0 aliphatic carbocycles. The highest BCUT2D eigenvalue weighted by molar-refractivity contribution is 9.11. The number of halogens is 4. The van der Waals surface area contributed by atoms with Gasteiger partial charge in [-0.05, 0) is 42.8 Å². The Morgan fingerprint density at radius 1 is 1.00 bits per heavy atom. The van der Waals surface area contributed by atoms with Gasteiger partial charge in [0.1, 0.15) is 5.82 Å². The first-order chi connectivity index (χ1) is 8.90. The molecule has 0 saturated heterocycles. The highest BCUT2D eigenvalue weighted by Gasteiger charge is 2.18. The summed E-state index contributed by atoms with van der Waals surface area (Å²) in [6, 6.07) is 7.84. The van der Waals surface area contributed by atoms with E-state index >= 15 is 0 Å². The van der Waals surface area contributed by atoms with Gasteiger partial charge in [-0.2, -0.15) is 0 Å². The van der Waals surface area contributed by atoms with Gasteiger partial charge in [0.2, 0.25) is 0 Å². The number of rotatable bonds is 2. The Morgan fingerprint density at radius 2 is 1.68 bits per heavy atom. The average molecular weight is 451 g/mol. The maximum atomic E-state index is 13.7. The van der Waals surface area contributed by atoms with Crippen LogP contribution in [0.4, 0.5) is 4.39 Å². The zero-order chi connectivity index (χ0) is 14.2. The lowest BCUT2D eigenvalue weighted by Gasteiger charge is -2.08. The summed E-state index contributed by atoms with van der Waals surface area (Å²) < 4.78 is 15.9. The molecule has 0 aromatic heterocycles. The maximum Gasteiger partial charge on any atom is 0.197 e. The topological polar surface area (TPSA) is 17.1 Å². The summed E-state index contributed by atoms with van der Waals surface area (Å²) in [7, 11) is 0. The zero-order valence-corrected chi connectivity index (χ0v) is 14.6. The molecule has 98 valence electrons. The summed E-state index contributed by atoms with van der Waals surface area (Å²) in [6.45, 7) is 1.92. The third kappa shape index (κ3) is 3.15. The second-order valence-corrected chi connectivity index (χ2v) is 6.66. The van der Waals surface area contributed by atoms with Crippen LogP contribution in [0.15, 0.2) is 43.7 Å². The molecule has 0 bridgehead atoms. The summed E-state index contributed by atoms with van der Waals surface area (Å²) >= 11 is 9.97. The van der Waals surface area contributed by atoms with Gasteiger partial charge in [0.15, 0.2) is 5.78 Å². The van der Waals surface area contributed by atoms with E-state index in [9.17, 15) is 9.18 Å². The Balaban J connectivity index is 2.56. The van der Waals surface area contributed by atoms with Gasteiger partial charge >= 0.3 is 0 Å². The van der Waals surface area contributed by atoms with Gasteiger partial charge in [0.05, 0.1) is 5.56 Å². The van der Waals surface area contributed by atoms with Crippen molar-refractivity contribution in [3.63, 3.8) is 0 Å². The predicted octanol–water partition coefficient (Wildman–Crippen LogP) is 5.65. The van der Waals surface area contributed by atoms with Crippen molar-refractivity contribution in [1.82, 2.24) is 0 Å². The van der Waals surface area contributed by atoms with Crippen LogP contribution in [0.3, 0.4) is 0 Å². The maximum absolute atomic E-state index is 13.7. The minimum absolute atomic E-state index is 0.0471. The molecule has 5 heteroatoms. The van der Waals surface area contributed by atoms with Crippen molar-refractivity contribution >= 4 is 53.6 Å². The van der Waals surface area contributed by atoms with E-state index in [4.69, 9.17) is 0 Å². The molecule has 0 amide bonds. The highest BCUT2D eigenvalue weighted by Crippen LogP contribution is 2.28. The van der Waals surface area contributed by atoms with E-state index in [1.54, 1.807) is 12.1 Å². The van der Waals surface area contributed by atoms with E-state index in [0.717, 1.165) is 10.0 Å². The van der Waals surface area contributed by atoms with Gasteiger partial charge in [-0.3, -0.25) is 4.79 Å². The first-order valence-electron chi connectivity index (χ1n) is 5.35. The fraction of sp³-hybridized carbons (Fsp3) is 0.0714. The lowest BCUT2D eigenvalue weighted by Crippen LogP contribution is -2.06. The first-order valence-corrected chi connectivity index (χ1v) is 7.73. The van der Waals surface area contributed by atoms with Crippen LogP contribution >= 0.6 is 47.8 Å². The Morgan fingerprint density at radius 3 is 2.37 bits per heavy atom. The number of hydrogen-bond acceptors (Lipinski definition) is 1. The molecule has 0 N–H and O–H groups in total. The molecule has 0 atom stereocenters. The van der Waals surface area contributed by atoms with Crippen molar-refractivity contribution in [2.24, 2.45) is 0 Å². The van der Waals surface area contributed by atoms with Crippen molar-refractivity contribution in [3.05, 3.63) is 66.3 Å². The van der Waals surface area contributed by atoms with Gasteiger partial charge in [-0.1, -0.05) is 47.8 Å². The second kappa shape index (κ2) is 5.85. The molecule has 0 aliphatic heterocycles. The van der Waals surface area contributed by atoms with Crippen molar-refractivity contribution < 1.29 is 9.18 Å². The molecule has 2 aromatic rings. The molecule has 0 saturated carbocycles. The highest BCUT2D eigenvalue weighted by atomic mass is 79.9. The number of aryl methyl sites for hydroxylation is 1. The summed E-state index contributed by atoms with van der Waals surface area (Å²) in [4.78, 5) is 12.4. The van der Waals surface area contributed by atoms with E-state index in [2.05, 4.69) is 47.8 Å². The van der Waals surface area contributed by atoms with Gasteiger partial charge in [0.25, 0.3) is 0 Å². The largest absolute Gasteiger partial charge is 0.288 e. The first kappa shape index (κ1) is 14.9. The van der Waals surface area contributed by atoms with Crippen molar-refractivity contribution in [1.29, 1.82) is 0 Å². The van der Waals surface area contributed by atoms with Crippen LogP contribution in [-0.2, 0) is 0 Å². The second-order valence-electron chi connectivity index (χ2n) is 4.03. The van der Waals surface area contributed by atoms with E-state index in [1.165, 1.54) is 12.1 Å². The fourth-order valence-electron chi connectivity index (χ4n) is 1.64. The average Bonchev–Trinajstić information content (AvgIpc) is 2.36. The normalized spacial score (nSPS) is 10.6. The quantitative estimate of drug-likeness (QED) is 0.540. The third-order valence-corrected chi connectivity index (χ3v) is 4.67. The molecule has 0 spiro atoms. The van der Waals surface area contributed by atoms with Crippen LogP contribution in [0.25, 0.3) is 0 Å². The summed E-state index contributed by atoms with van der Waals surface area (Å²) in [5.41, 5.74) is 1.47. The van der Waals surface area contributed by atoms with Crippen LogP contribution < -0.4 is 0 Å². The Hall–Kier alpha value is -0.520. The monoisotopic (exact) mass is 448 g/mol. The Kier molecular flexibility index (Phi) is 4.58. The molecule has 1 nitrogen and oxygen atoms in total. The molecule has 19 heavy (non-hydrogen) atoms.